The fourth-order valence-electron chi connectivity index (χ4n) is 1.69. The summed E-state index contributed by atoms with van der Waals surface area (Å²) in [4.78, 5) is 11.2. The quantitative estimate of drug-likeness (QED) is 0.288. The second kappa shape index (κ2) is 5.78. The van der Waals surface area contributed by atoms with Crippen LogP contribution < -0.4 is 0 Å². The van der Waals surface area contributed by atoms with Crippen LogP contribution in [-0.2, 0) is 14.3 Å². The summed E-state index contributed by atoms with van der Waals surface area (Å²) in [5, 5.41) is 0. The van der Waals surface area contributed by atoms with Crippen LogP contribution in [0.15, 0.2) is 25.5 Å². The van der Waals surface area contributed by atoms with E-state index in [4.69, 9.17) is 9.47 Å². The van der Waals surface area contributed by atoms with Gasteiger partial charge in [-0.05, 0) is 27.2 Å². The Morgan fingerprint density at radius 3 is 2.31 bits per heavy atom. The number of hydrogen-bond acceptors (Lipinski definition) is 3. The summed E-state index contributed by atoms with van der Waals surface area (Å²) >= 11 is 0. The zero-order chi connectivity index (χ0) is 12.8. The second-order valence-corrected chi connectivity index (χ2v) is 4.65. The van der Waals surface area contributed by atoms with Gasteiger partial charge in [0.25, 0.3) is 0 Å². The summed E-state index contributed by atoms with van der Waals surface area (Å²) in [7, 11) is 0.599. The van der Waals surface area contributed by atoms with Crippen LogP contribution in [0.3, 0.4) is 0 Å². The van der Waals surface area contributed by atoms with Crippen LogP contribution in [-0.4, -0.2) is 24.2 Å². The van der Waals surface area contributed by atoms with Crippen molar-refractivity contribution < 1.29 is 14.3 Å². The summed E-state index contributed by atoms with van der Waals surface area (Å²) in [5.74, 6) is -0.404. The molecule has 0 rings (SSSR count). The predicted octanol–water partition coefficient (Wildman–Crippen LogP) is 2.17. The van der Waals surface area contributed by atoms with Crippen molar-refractivity contribution in [1.29, 1.82) is 0 Å². The van der Waals surface area contributed by atoms with E-state index in [0.717, 1.165) is 6.42 Å². The average Bonchev–Trinajstić information content (AvgIpc) is 2.16. The molecule has 16 heavy (non-hydrogen) atoms. The second-order valence-electron chi connectivity index (χ2n) is 4.65. The Kier molecular flexibility index (Phi) is 5.35. The van der Waals surface area contributed by atoms with Gasteiger partial charge in [0.1, 0.15) is 0 Å². The molecule has 0 N–H and O–H groups in total. The molecule has 0 aliphatic heterocycles. The highest BCUT2D eigenvalue weighted by molar-refractivity contribution is 6.43. The third-order valence-corrected chi connectivity index (χ3v) is 2.46. The highest BCUT2D eigenvalue weighted by atomic mass is 16.6. The number of carbonyl (C=O) groups is 1. The Balaban J connectivity index is 4.64. The molecule has 0 aromatic heterocycles. The molecule has 0 aromatic carbocycles. The maximum Gasteiger partial charge on any atom is 0.329 e. The number of hydrogen-bond donors (Lipinski definition) is 0. The van der Waals surface area contributed by atoms with Crippen LogP contribution in [0.2, 0.25) is 0 Å². The van der Waals surface area contributed by atoms with Crippen molar-refractivity contribution in [3.63, 3.8) is 0 Å². The fourth-order valence-corrected chi connectivity index (χ4v) is 1.69. The summed E-state index contributed by atoms with van der Waals surface area (Å²) in [6, 6.07) is 0. The lowest BCUT2D eigenvalue weighted by Gasteiger charge is -2.34. The van der Waals surface area contributed by atoms with Gasteiger partial charge in [0.2, 0.25) is 7.28 Å². The van der Waals surface area contributed by atoms with E-state index in [1.807, 2.05) is 27.7 Å². The third kappa shape index (κ3) is 5.05. The number of rotatable bonds is 7. The first-order valence-electron chi connectivity index (χ1n) is 5.43. The van der Waals surface area contributed by atoms with Gasteiger partial charge in [0.15, 0.2) is 0 Å². The molecule has 1 unspecified atom stereocenters. The van der Waals surface area contributed by atoms with Gasteiger partial charge in [0, 0.05) is 6.08 Å². The normalized spacial score (nSPS) is 14.5. The first-order chi connectivity index (χ1) is 7.28. The van der Waals surface area contributed by atoms with E-state index in [9.17, 15) is 4.79 Å². The van der Waals surface area contributed by atoms with Crippen molar-refractivity contribution in [3.05, 3.63) is 25.5 Å². The van der Waals surface area contributed by atoms with Gasteiger partial charge in [0.05, 0.1) is 17.3 Å². The Morgan fingerprint density at radius 1 is 1.38 bits per heavy atom. The molecular weight excluding hydrogens is 203 g/mol. The number of ether oxygens (including phenoxy) is 2. The fraction of sp³-hybridized carbons (Fsp3) is 0.583. The summed E-state index contributed by atoms with van der Waals surface area (Å²) in [6.07, 6.45) is 3.30. The molecule has 0 aliphatic carbocycles. The maximum atomic E-state index is 11.2. The molecule has 4 heteroatoms. The van der Waals surface area contributed by atoms with Crippen LogP contribution in [0.25, 0.3) is 0 Å². The molecule has 0 heterocycles. The predicted molar refractivity (Wildman–Crippen MR) is 67.5 cm³/mol. The molecule has 1 atom stereocenters. The topological polar surface area (TPSA) is 35.5 Å². The van der Waals surface area contributed by atoms with Crippen molar-refractivity contribution in [2.75, 3.05) is 0 Å². The van der Waals surface area contributed by atoms with Crippen molar-refractivity contribution in [2.24, 2.45) is 0 Å². The summed E-state index contributed by atoms with van der Waals surface area (Å²) in [5.41, 5.74) is -0.953. The summed E-state index contributed by atoms with van der Waals surface area (Å²) < 4.78 is 10.7. The lowest BCUT2D eigenvalue weighted by atomic mass is 9.50. The molecule has 0 spiro atoms. The minimum absolute atomic E-state index is 0.404. The minimum atomic E-state index is -0.544. The largest absolute Gasteiger partial charge is 0.505 e. The van der Waals surface area contributed by atoms with Crippen LogP contribution in [0.5, 0.6) is 0 Å². The van der Waals surface area contributed by atoms with Crippen molar-refractivity contribution in [1.82, 2.24) is 0 Å². The highest BCUT2D eigenvalue weighted by Gasteiger charge is 2.36. The molecule has 3 nitrogen and oxygen atoms in total. The molecule has 0 fully saturated rings. The van der Waals surface area contributed by atoms with Gasteiger partial charge >= 0.3 is 5.97 Å². The van der Waals surface area contributed by atoms with E-state index in [1.165, 1.54) is 12.3 Å². The number of carbonyl (C=O) groups excluding carboxylic acids is 1. The van der Waals surface area contributed by atoms with E-state index in [1.54, 1.807) is 0 Å². The van der Waals surface area contributed by atoms with E-state index < -0.39 is 17.0 Å². The Morgan fingerprint density at radius 2 is 1.94 bits per heavy atom. The van der Waals surface area contributed by atoms with Crippen molar-refractivity contribution in [3.8, 4) is 0 Å². The van der Waals surface area contributed by atoms with Crippen molar-refractivity contribution >= 4 is 13.2 Å². The smallest absolute Gasteiger partial charge is 0.329 e. The highest BCUT2D eigenvalue weighted by Crippen LogP contribution is 2.21. The Labute approximate surface area is 98.8 Å². The van der Waals surface area contributed by atoms with Gasteiger partial charge in [-0.2, -0.15) is 0 Å². The molecule has 0 saturated carbocycles. The van der Waals surface area contributed by atoms with E-state index in [0.29, 0.717) is 7.28 Å². The van der Waals surface area contributed by atoms with Crippen LogP contribution in [0.4, 0.5) is 0 Å². The molecular formula is C12H21BO3. The molecule has 0 amide bonds. The standard InChI is InChI=1S/C12H21BO3/c1-7-10(14)16-12(6,8-2)13-11(4,5)15-9-3/h7,9,13H,1,3,8H2,2,4-6H3. The van der Waals surface area contributed by atoms with Crippen LogP contribution >= 0.6 is 0 Å². The van der Waals surface area contributed by atoms with Gasteiger partial charge < -0.3 is 9.47 Å². The Hall–Kier alpha value is -1.19. The van der Waals surface area contributed by atoms with E-state index in [-0.39, 0.29) is 0 Å². The van der Waals surface area contributed by atoms with Crippen LogP contribution in [0.1, 0.15) is 34.1 Å². The monoisotopic (exact) mass is 224 g/mol. The van der Waals surface area contributed by atoms with Gasteiger partial charge in [-0.25, -0.2) is 4.79 Å². The molecule has 0 aliphatic rings. The first-order valence-corrected chi connectivity index (χ1v) is 5.43. The van der Waals surface area contributed by atoms with Gasteiger partial charge in [-0.1, -0.05) is 20.1 Å². The van der Waals surface area contributed by atoms with Gasteiger partial charge in [-0.15, -0.1) is 0 Å². The zero-order valence-electron chi connectivity index (χ0n) is 10.7. The SMILES string of the molecule is C=COC(C)(C)BC(C)(CC)OC(=O)C=C. The molecule has 0 saturated heterocycles. The van der Waals surface area contributed by atoms with Gasteiger partial charge in [-0.3, -0.25) is 0 Å². The molecule has 90 valence electrons. The molecule has 0 bridgehead atoms. The maximum absolute atomic E-state index is 11.2. The zero-order valence-corrected chi connectivity index (χ0v) is 10.7. The lowest BCUT2D eigenvalue weighted by Crippen LogP contribution is -2.48. The lowest BCUT2D eigenvalue weighted by molar-refractivity contribution is -0.145. The first kappa shape index (κ1) is 14.8. The third-order valence-electron chi connectivity index (χ3n) is 2.46. The van der Waals surface area contributed by atoms with E-state index >= 15 is 0 Å². The minimum Gasteiger partial charge on any atom is -0.505 e. The average molecular weight is 224 g/mol. The summed E-state index contributed by atoms with van der Waals surface area (Å²) in [6.45, 7) is 14.7. The number of esters is 1. The van der Waals surface area contributed by atoms with E-state index in [2.05, 4.69) is 13.2 Å². The molecule has 0 radical (unpaired) electrons. The van der Waals surface area contributed by atoms with Crippen LogP contribution in [0, 0.1) is 0 Å². The molecule has 0 aromatic rings. The Bertz CT molecular complexity index is 273. The van der Waals surface area contributed by atoms with Crippen molar-refractivity contribution in [2.45, 2.75) is 45.1 Å².